The van der Waals surface area contributed by atoms with Crippen molar-refractivity contribution in [2.24, 2.45) is 11.8 Å². The largest absolute Gasteiger partial charge is 0.489 e. The molecular formula is C45H52N2O6. The average molecular weight is 717 g/mol. The Morgan fingerprint density at radius 2 is 1.34 bits per heavy atom. The predicted molar refractivity (Wildman–Crippen MR) is 209 cm³/mol. The van der Waals surface area contributed by atoms with Crippen LogP contribution in [0.4, 0.5) is 0 Å². The maximum Gasteiger partial charge on any atom is 0.309 e. The molecule has 0 aliphatic heterocycles. The third-order valence-electron chi connectivity index (χ3n) is 8.99. The molecule has 0 saturated carbocycles. The molecule has 0 saturated heterocycles. The van der Waals surface area contributed by atoms with Gasteiger partial charge in [0.1, 0.15) is 19.0 Å². The quantitative estimate of drug-likeness (QED) is 0.0619. The molecule has 0 fully saturated rings. The van der Waals surface area contributed by atoms with Gasteiger partial charge in [0, 0.05) is 19.5 Å². The van der Waals surface area contributed by atoms with Crippen molar-refractivity contribution >= 4 is 17.8 Å². The van der Waals surface area contributed by atoms with Gasteiger partial charge in [-0.3, -0.25) is 14.4 Å². The lowest BCUT2D eigenvalue weighted by molar-refractivity contribution is -0.150. The van der Waals surface area contributed by atoms with Crippen LogP contribution in [0.15, 0.2) is 141 Å². The number of nitrogens with one attached hydrogen (secondary N) is 1. The zero-order valence-corrected chi connectivity index (χ0v) is 30.5. The van der Waals surface area contributed by atoms with E-state index in [4.69, 9.17) is 9.47 Å². The first-order chi connectivity index (χ1) is 25.9. The van der Waals surface area contributed by atoms with Crippen LogP contribution in [0.25, 0.3) is 0 Å². The maximum absolute atomic E-state index is 13.9. The van der Waals surface area contributed by atoms with E-state index in [1.165, 1.54) is 0 Å². The summed E-state index contributed by atoms with van der Waals surface area (Å²) in [5.74, 6) is -1.28. The van der Waals surface area contributed by atoms with E-state index in [9.17, 15) is 19.5 Å². The van der Waals surface area contributed by atoms with Crippen molar-refractivity contribution in [3.63, 3.8) is 0 Å². The van der Waals surface area contributed by atoms with Crippen LogP contribution in [-0.4, -0.2) is 53.6 Å². The summed E-state index contributed by atoms with van der Waals surface area (Å²) in [7, 11) is 0. The third-order valence-corrected chi connectivity index (χ3v) is 8.99. The molecule has 8 nitrogen and oxygen atoms in total. The van der Waals surface area contributed by atoms with Crippen LogP contribution in [-0.2, 0) is 45.1 Å². The van der Waals surface area contributed by atoms with Crippen molar-refractivity contribution in [1.29, 1.82) is 0 Å². The topological polar surface area (TPSA) is 105 Å². The van der Waals surface area contributed by atoms with Crippen LogP contribution in [0.3, 0.4) is 0 Å². The summed E-state index contributed by atoms with van der Waals surface area (Å²) in [6.07, 6.45) is 5.81. The first-order valence-corrected chi connectivity index (χ1v) is 18.3. The van der Waals surface area contributed by atoms with Crippen LogP contribution in [0.2, 0.25) is 0 Å². The zero-order valence-electron chi connectivity index (χ0n) is 30.5. The van der Waals surface area contributed by atoms with Gasteiger partial charge in [0.05, 0.1) is 24.5 Å². The first-order valence-electron chi connectivity index (χ1n) is 18.3. The number of carbonyl (C=O) groups is 3. The van der Waals surface area contributed by atoms with Gasteiger partial charge >= 0.3 is 5.97 Å². The molecule has 0 aromatic heterocycles. The standard InChI is InChI=1S/C45H52N2O6/c1-3-5-22-40(29-35-16-9-6-10-17-35)45(51)53-34-41(30-36-23-25-42(26-24-36)52-33-38-20-13-8-14-21-38)46-44(50)39(15-4-2)31-43(49)47(27-28-48)32-37-18-11-7-12-19-37/h3-4,6-14,16-21,23-26,39-41,48H,1-2,5,15,22,27-34H2,(H,46,50). The smallest absolute Gasteiger partial charge is 0.309 e. The molecule has 4 rings (SSSR count). The van der Waals surface area contributed by atoms with Gasteiger partial charge in [-0.15, -0.1) is 13.2 Å². The number of rotatable bonds is 23. The fraction of sp³-hybridized carbons (Fsp3) is 0.311. The minimum absolute atomic E-state index is 0.0460. The number of nitrogens with zero attached hydrogens (tertiary/aromatic N) is 1. The molecule has 278 valence electrons. The number of carbonyl (C=O) groups excluding carboxylic acids is 3. The van der Waals surface area contributed by atoms with Gasteiger partial charge in [-0.25, -0.2) is 0 Å². The third kappa shape index (κ3) is 14.2. The lowest BCUT2D eigenvalue weighted by Gasteiger charge is -2.26. The SMILES string of the molecule is C=CCCC(Cc1ccccc1)C(=O)OCC(Cc1ccc(OCc2ccccc2)cc1)NC(=O)C(CC=C)CC(=O)N(CCO)Cc1ccccc1. The summed E-state index contributed by atoms with van der Waals surface area (Å²) < 4.78 is 11.9. The highest BCUT2D eigenvalue weighted by atomic mass is 16.5. The molecule has 53 heavy (non-hydrogen) atoms. The minimum atomic E-state index is -0.706. The molecule has 2 amide bonds. The molecule has 8 heteroatoms. The number of aliphatic hydroxyl groups is 1. The second-order valence-corrected chi connectivity index (χ2v) is 13.2. The number of esters is 1. The Balaban J connectivity index is 1.47. The molecule has 3 unspecified atom stereocenters. The highest BCUT2D eigenvalue weighted by Crippen LogP contribution is 2.20. The number of aliphatic hydroxyl groups excluding tert-OH is 1. The number of hydrogen-bond acceptors (Lipinski definition) is 6. The molecule has 3 atom stereocenters. The second-order valence-electron chi connectivity index (χ2n) is 13.2. The fourth-order valence-corrected chi connectivity index (χ4v) is 6.08. The fourth-order valence-electron chi connectivity index (χ4n) is 6.08. The summed E-state index contributed by atoms with van der Waals surface area (Å²) >= 11 is 0. The van der Waals surface area contributed by atoms with Gasteiger partial charge in [0.2, 0.25) is 11.8 Å². The monoisotopic (exact) mass is 716 g/mol. The molecule has 0 radical (unpaired) electrons. The van der Waals surface area contributed by atoms with Crippen molar-refractivity contribution in [1.82, 2.24) is 10.2 Å². The highest BCUT2D eigenvalue weighted by molar-refractivity contribution is 5.86. The molecular weight excluding hydrogens is 665 g/mol. The van der Waals surface area contributed by atoms with E-state index in [1.807, 2.05) is 115 Å². The van der Waals surface area contributed by atoms with Gasteiger partial charge in [-0.1, -0.05) is 115 Å². The Morgan fingerprint density at radius 3 is 1.94 bits per heavy atom. The highest BCUT2D eigenvalue weighted by Gasteiger charge is 2.28. The van der Waals surface area contributed by atoms with Crippen molar-refractivity contribution in [2.45, 2.75) is 57.7 Å². The summed E-state index contributed by atoms with van der Waals surface area (Å²) in [5.41, 5.74) is 3.94. The predicted octanol–water partition coefficient (Wildman–Crippen LogP) is 7.26. The average Bonchev–Trinajstić information content (AvgIpc) is 3.19. The van der Waals surface area contributed by atoms with Crippen molar-refractivity contribution in [3.05, 3.63) is 163 Å². The van der Waals surface area contributed by atoms with E-state index in [-0.39, 0.29) is 56.3 Å². The molecule has 4 aromatic rings. The number of hydrogen-bond donors (Lipinski definition) is 2. The Bertz CT molecular complexity index is 1700. The second kappa shape index (κ2) is 22.5. The summed E-state index contributed by atoms with van der Waals surface area (Å²) in [4.78, 5) is 42.5. The molecule has 2 N–H and O–H groups in total. The Hall–Kier alpha value is -5.47. The van der Waals surface area contributed by atoms with Crippen LogP contribution < -0.4 is 10.1 Å². The summed E-state index contributed by atoms with van der Waals surface area (Å²) in [6, 6.07) is 36.3. The molecule has 0 aliphatic carbocycles. The van der Waals surface area contributed by atoms with Crippen LogP contribution in [0.5, 0.6) is 5.75 Å². The first kappa shape index (κ1) is 40.3. The Morgan fingerprint density at radius 1 is 0.736 bits per heavy atom. The zero-order chi connectivity index (χ0) is 37.7. The molecule has 0 spiro atoms. The van der Waals surface area contributed by atoms with Crippen molar-refractivity contribution < 1.29 is 29.0 Å². The van der Waals surface area contributed by atoms with E-state index in [2.05, 4.69) is 18.5 Å². The van der Waals surface area contributed by atoms with E-state index in [0.29, 0.717) is 44.6 Å². The number of ether oxygens (including phenoxy) is 2. The summed E-state index contributed by atoms with van der Waals surface area (Å²) in [6.45, 7) is 8.33. The number of benzene rings is 4. The van der Waals surface area contributed by atoms with E-state index in [1.54, 1.807) is 17.1 Å². The molecule has 0 bridgehead atoms. The minimum Gasteiger partial charge on any atom is -0.489 e. The lowest BCUT2D eigenvalue weighted by atomic mass is 9.95. The molecule has 4 aromatic carbocycles. The van der Waals surface area contributed by atoms with E-state index >= 15 is 0 Å². The van der Waals surface area contributed by atoms with Crippen LogP contribution in [0, 0.1) is 11.8 Å². The van der Waals surface area contributed by atoms with Crippen molar-refractivity contribution in [2.75, 3.05) is 19.8 Å². The Labute approximate surface area is 314 Å². The molecule has 0 heterocycles. The van der Waals surface area contributed by atoms with Crippen molar-refractivity contribution in [3.8, 4) is 5.75 Å². The molecule has 0 aliphatic rings. The van der Waals surface area contributed by atoms with Gasteiger partial charge in [0.25, 0.3) is 0 Å². The normalized spacial score (nSPS) is 12.5. The number of allylic oxidation sites excluding steroid dienone is 2. The maximum atomic E-state index is 13.9. The van der Waals surface area contributed by atoms with Crippen LogP contribution in [0.1, 0.15) is 47.9 Å². The van der Waals surface area contributed by atoms with Gasteiger partial charge < -0.3 is 24.8 Å². The number of amides is 2. The van der Waals surface area contributed by atoms with E-state index in [0.717, 1.165) is 22.3 Å². The summed E-state index contributed by atoms with van der Waals surface area (Å²) in [5, 5.41) is 12.8. The van der Waals surface area contributed by atoms with Crippen LogP contribution >= 0.6 is 0 Å². The Kier molecular flexibility index (Phi) is 17.1. The lowest BCUT2D eigenvalue weighted by Crippen LogP contribution is -2.45. The van der Waals surface area contributed by atoms with E-state index < -0.39 is 12.0 Å². The van der Waals surface area contributed by atoms with Gasteiger partial charge in [-0.2, -0.15) is 0 Å². The van der Waals surface area contributed by atoms with Gasteiger partial charge in [-0.05, 0) is 66.5 Å². The van der Waals surface area contributed by atoms with Gasteiger partial charge in [0.15, 0.2) is 0 Å².